The van der Waals surface area contributed by atoms with E-state index in [-0.39, 0.29) is 13.2 Å². The van der Waals surface area contributed by atoms with Crippen molar-refractivity contribution >= 4 is 0 Å². The average Bonchev–Trinajstić information content (AvgIpc) is 3.07. The van der Waals surface area contributed by atoms with Gasteiger partial charge < -0.3 is 39.9 Å². The van der Waals surface area contributed by atoms with Crippen LogP contribution in [0, 0.1) is 13.8 Å². The Morgan fingerprint density at radius 2 is 1.27 bits per heavy atom. The topological polar surface area (TPSA) is 130 Å². The molecule has 0 bridgehead atoms. The van der Waals surface area contributed by atoms with Crippen LogP contribution in [0.25, 0.3) is 11.1 Å². The van der Waals surface area contributed by atoms with Crippen LogP contribution in [0.2, 0.25) is 0 Å². The molecule has 0 amide bonds. The van der Waals surface area contributed by atoms with E-state index in [1.165, 1.54) is 0 Å². The summed E-state index contributed by atoms with van der Waals surface area (Å²) in [7, 11) is 3.24. The van der Waals surface area contributed by atoms with Crippen LogP contribution in [0.5, 0.6) is 28.7 Å². The van der Waals surface area contributed by atoms with Gasteiger partial charge in [0.05, 0.1) is 26.4 Å². The summed E-state index contributed by atoms with van der Waals surface area (Å²) in [5.74, 6) is 8.56. The zero-order valence-electron chi connectivity index (χ0n) is 26.9. The maximum atomic E-state index is 9.14. The fraction of sp³-hybridized carbons (Fsp3) is 0.333. The molecule has 0 aliphatic heterocycles. The second-order valence-corrected chi connectivity index (χ2v) is 10.7. The highest BCUT2D eigenvalue weighted by Crippen LogP contribution is 2.35. The number of aliphatic hydroxyl groups excluding tert-OH is 1. The number of aryl methyl sites for hydroxylation is 1. The maximum absolute atomic E-state index is 9.14. The van der Waals surface area contributed by atoms with Crippen LogP contribution in [-0.2, 0) is 32.7 Å². The highest BCUT2D eigenvalue weighted by Gasteiger charge is 2.16. The first-order valence-corrected chi connectivity index (χ1v) is 15.1. The van der Waals surface area contributed by atoms with Gasteiger partial charge in [0.15, 0.2) is 5.75 Å². The fourth-order valence-electron chi connectivity index (χ4n) is 5.50. The number of hydrogen-bond donors (Lipinski definition) is 4. The number of hydrogen-bond acceptors (Lipinski definition) is 9. The molecule has 0 heterocycles. The zero-order valence-corrected chi connectivity index (χ0v) is 26.9. The van der Waals surface area contributed by atoms with Crippen LogP contribution >= 0.6 is 0 Å². The molecule has 240 valence electrons. The first kappa shape index (κ1) is 33.6. The number of nitrogens with two attached hydrogens (primary N) is 2. The predicted molar refractivity (Wildman–Crippen MR) is 177 cm³/mol. The lowest BCUT2D eigenvalue weighted by atomic mass is 9.92. The molecule has 45 heavy (non-hydrogen) atoms. The van der Waals surface area contributed by atoms with Crippen LogP contribution < -0.4 is 40.7 Å². The van der Waals surface area contributed by atoms with Crippen molar-refractivity contribution < 1.29 is 28.9 Å². The van der Waals surface area contributed by atoms with Crippen molar-refractivity contribution in [3.05, 3.63) is 99.6 Å². The van der Waals surface area contributed by atoms with Gasteiger partial charge in [0.25, 0.3) is 0 Å². The van der Waals surface area contributed by atoms with Crippen LogP contribution in [0.4, 0.5) is 0 Å². The van der Waals surface area contributed by atoms with Crippen molar-refractivity contribution in [3.8, 4) is 39.9 Å². The number of nitrogens with one attached hydrogen (secondary N) is 1. The SMILES string of the molecule is CCc1cc(OCc2cccc(-c3cccc(COc4cc(OC)c(CN)c(ON)c4)c3C)c2C)cc(OC)c1CNCCO. The molecule has 0 atom stereocenters. The summed E-state index contributed by atoms with van der Waals surface area (Å²) in [6, 6.07) is 20.1. The van der Waals surface area contributed by atoms with Crippen LogP contribution in [0.15, 0.2) is 60.7 Å². The minimum absolute atomic E-state index is 0.0897. The Kier molecular flexibility index (Phi) is 12.1. The van der Waals surface area contributed by atoms with Gasteiger partial charge in [-0.2, -0.15) is 5.90 Å². The first-order valence-electron chi connectivity index (χ1n) is 15.1. The van der Waals surface area contributed by atoms with Crippen molar-refractivity contribution in [3.63, 3.8) is 0 Å². The van der Waals surface area contributed by atoms with Gasteiger partial charge in [0, 0.05) is 43.4 Å². The van der Waals surface area contributed by atoms with E-state index in [1.807, 2.05) is 12.1 Å². The van der Waals surface area contributed by atoms with Crippen molar-refractivity contribution in [1.82, 2.24) is 5.32 Å². The van der Waals surface area contributed by atoms with Crippen LogP contribution in [0.1, 0.15) is 45.9 Å². The molecule has 0 saturated heterocycles. The molecule has 9 nitrogen and oxygen atoms in total. The third-order valence-electron chi connectivity index (χ3n) is 8.13. The summed E-state index contributed by atoms with van der Waals surface area (Å²) >= 11 is 0. The standard InChI is InChI=1S/C36H45N3O6/c1-6-25-15-28(16-35(42-5)33(25)20-39-13-14-40)43-21-26-9-7-11-30(23(26)2)31-12-8-10-27(24(31)3)22-44-29-17-34(41-4)32(19-37)36(18-29)45-38/h7-12,15-18,39-40H,6,13-14,19-22,37-38H2,1-5H3. The highest BCUT2D eigenvalue weighted by molar-refractivity contribution is 5.72. The molecule has 0 aromatic heterocycles. The molecule has 0 spiro atoms. The minimum Gasteiger partial charge on any atom is -0.496 e. The number of ether oxygens (including phenoxy) is 4. The van der Waals surface area contributed by atoms with Gasteiger partial charge in [-0.25, -0.2) is 0 Å². The Bertz CT molecular complexity index is 1540. The lowest BCUT2D eigenvalue weighted by Gasteiger charge is -2.19. The lowest BCUT2D eigenvalue weighted by molar-refractivity contribution is 0.290. The molecule has 0 fully saturated rings. The molecule has 0 saturated carbocycles. The van der Waals surface area contributed by atoms with E-state index in [0.29, 0.717) is 49.1 Å². The van der Waals surface area contributed by atoms with E-state index in [2.05, 4.69) is 62.5 Å². The van der Waals surface area contributed by atoms with Gasteiger partial charge >= 0.3 is 0 Å². The molecular formula is C36H45N3O6. The summed E-state index contributed by atoms with van der Waals surface area (Å²) in [5, 5.41) is 12.4. The number of methoxy groups -OCH3 is 2. The quantitative estimate of drug-likeness (QED) is 0.0953. The lowest BCUT2D eigenvalue weighted by Crippen LogP contribution is -2.19. The molecule has 0 aliphatic carbocycles. The summed E-state index contributed by atoms with van der Waals surface area (Å²) in [6.45, 7) is 8.59. The molecule has 9 heteroatoms. The first-order chi connectivity index (χ1) is 21.9. The number of aliphatic hydroxyl groups is 1. The largest absolute Gasteiger partial charge is 0.496 e. The monoisotopic (exact) mass is 615 g/mol. The van der Waals surface area contributed by atoms with Gasteiger partial charge in [-0.3, -0.25) is 0 Å². The van der Waals surface area contributed by atoms with Gasteiger partial charge in [0.2, 0.25) is 0 Å². The highest BCUT2D eigenvalue weighted by atomic mass is 16.6. The smallest absolute Gasteiger partial charge is 0.158 e. The van der Waals surface area contributed by atoms with Gasteiger partial charge in [-0.1, -0.05) is 43.3 Å². The van der Waals surface area contributed by atoms with Crippen molar-refractivity contribution in [2.45, 2.75) is 53.5 Å². The summed E-state index contributed by atoms with van der Waals surface area (Å²) < 4.78 is 23.7. The van der Waals surface area contributed by atoms with E-state index >= 15 is 0 Å². The number of rotatable bonds is 16. The van der Waals surface area contributed by atoms with Gasteiger partial charge in [-0.15, -0.1) is 0 Å². The van der Waals surface area contributed by atoms with Crippen LogP contribution in [0.3, 0.4) is 0 Å². The fourth-order valence-corrected chi connectivity index (χ4v) is 5.50. The zero-order chi connectivity index (χ0) is 32.3. The Morgan fingerprint density at radius 3 is 1.76 bits per heavy atom. The van der Waals surface area contributed by atoms with Gasteiger partial charge in [0.1, 0.15) is 36.2 Å². The summed E-state index contributed by atoms with van der Waals surface area (Å²) in [5.41, 5.74) is 15.5. The Hall–Kier alpha value is -4.28. The minimum atomic E-state index is 0.0897. The molecular weight excluding hydrogens is 570 g/mol. The molecule has 0 aliphatic rings. The normalized spacial score (nSPS) is 10.9. The Labute approximate surface area is 266 Å². The maximum Gasteiger partial charge on any atom is 0.158 e. The predicted octanol–water partition coefficient (Wildman–Crippen LogP) is 5.50. The third kappa shape index (κ3) is 7.87. The van der Waals surface area contributed by atoms with Crippen molar-refractivity contribution in [1.29, 1.82) is 0 Å². The molecule has 0 unspecified atom stereocenters. The van der Waals surface area contributed by atoms with E-state index in [4.69, 9.17) is 40.5 Å². The molecule has 4 aromatic rings. The Morgan fingerprint density at radius 1 is 0.733 bits per heavy atom. The second kappa shape index (κ2) is 16.2. The van der Waals surface area contributed by atoms with E-state index in [1.54, 1.807) is 26.4 Å². The van der Waals surface area contributed by atoms with Crippen molar-refractivity contribution in [2.24, 2.45) is 11.6 Å². The summed E-state index contributed by atoms with van der Waals surface area (Å²) in [4.78, 5) is 5.02. The Balaban J connectivity index is 1.54. The molecule has 6 N–H and O–H groups in total. The van der Waals surface area contributed by atoms with E-state index in [9.17, 15) is 0 Å². The van der Waals surface area contributed by atoms with E-state index < -0.39 is 0 Å². The molecule has 4 rings (SSSR count). The molecule has 0 radical (unpaired) electrons. The molecule has 4 aromatic carbocycles. The van der Waals surface area contributed by atoms with Gasteiger partial charge in [-0.05, 0) is 65.3 Å². The van der Waals surface area contributed by atoms with Crippen LogP contribution in [-0.4, -0.2) is 32.5 Å². The second-order valence-electron chi connectivity index (χ2n) is 10.7. The number of benzene rings is 4. The van der Waals surface area contributed by atoms with Crippen molar-refractivity contribution in [2.75, 3.05) is 27.4 Å². The average molecular weight is 616 g/mol. The summed E-state index contributed by atoms with van der Waals surface area (Å²) in [6.07, 6.45) is 0.839. The third-order valence-corrected chi connectivity index (χ3v) is 8.13. The van der Waals surface area contributed by atoms with E-state index in [0.717, 1.165) is 62.4 Å².